The number of carbonyl (C=O) groups is 1. The van der Waals surface area contributed by atoms with Gasteiger partial charge in [0.2, 0.25) is 10.0 Å². The molecule has 0 bridgehead atoms. The zero-order valence-electron chi connectivity index (χ0n) is 14.0. The lowest BCUT2D eigenvalue weighted by atomic mass is 10.2. The number of piperazine rings is 1. The zero-order valence-corrected chi connectivity index (χ0v) is 15.7. The fourth-order valence-electron chi connectivity index (χ4n) is 2.64. The second-order valence-electron chi connectivity index (χ2n) is 6.27. The topological polar surface area (TPSA) is 90.5 Å². The van der Waals surface area contributed by atoms with Crippen LogP contribution in [0.15, 0.2) is 29.2 Å². The van der Waals surface area contributed by atoms with E-state index in [2.05, 4.69) is 20.3 Å². The summed E-state index contributed by atoms with van der Waals surface area (Å²) in [5.74, 6) is -0.177. The molecule has 1 saturated heterocycles. The predicted molar refractivity (Wildman–Crippen MR) is 98.7 cm³/mol. The minimum absolute atomic E-state index is 0. The van der Waals surface area contributed by atoms with Crippen molar-refractivity contribution in [3.05, 3.63) is 29.8 Å². The highest BCUT2D eigenvalue weighted by atomic mass is 35.5. The van der Waals surface area contributed by atoms with Gasteiger partial charge in [-0.15, -0.1) is 12.4 Å². The maximum atomic E-state index is 12.1. The van der Waals surface area contributed by atoms with E-state index in [-0.39, 0.29) is 29.3 Å². The number of carbonyl (C=O) groups excluding carboxylic acids is 1. The van der Waals surface area contributed by atoms with Gasteiger partial charge in [0.1, 0.15) is 0 Å². The molecule has 1 heterocycles. The Bertz CT molecular complexity index is 671. The second kappa shape index (κ2) is 8.95. The van der Waals surface area contributed by atoms with Crippen LogP contribution in [0.2, 0.25) is 0 Å². The van der Waals surface area contributed by atoms with Crippen molar-refractivity contribution in [3.8, 4) is 0 Å². The van der Waals surface area contributed by atoms with Crippen LogP contribution in [0, 0.1) is 0 Å². The molecule has 0 aromatic heterocycles. The standard InChI is InChI=1S/C16H24N4O3S.ClH/c21-16(18-9-12-20-10-7-17-8-11-20)13-1-5-15(6-2-13)24(22,23)19-14-3-4-14;/h1-2,5-6,14,17,19H,3-4,7-12H2,(H,18,21);1H. The molecule has 25 heavy (non-hydrogen) atoms. The molecule has 1 aromatic carbocycles. The van der Waals surface area contributed by atoms with Gasteiger partial charge in [-0.2, -0.15) is 0 Å². The van der Waals surface area contributed by atoms with E-state index in [0.29, 0.717) is 12.1 Å². The van der Waals surface area contributed by atoms with Crippen LogP contribution in [0.25, 0.3) is 0 Å². The minimum atomic E-state index is -3.47. The van der Waals surface area contributed by atoms with Gasteiger partial charge in [-0.3, -0.25) is 9.69 Å². The highest BCUT2D eigenvalue weighted by molar-refractivity contribution is 7.89. The van der Waals surface area contributed by atoms with Crippen molar-refractivity contribution in [1.29, 1.82) is 0 Å². The van der Waals surface area contributed by atoms with Gasteiger partial charge in [0.15, 0.2) is 0 Å². The number of amides is 1. The van der Waals surface area contributed by atoms with Crippen molar-refractivity contribution < 1.29 is 13.2 Å². The number of sulfonamides is 1. The first-order valence-electron chi connectivity index (χ1n) is 8.38. The summed E-state index contributed by atoms with van der Waals surface area (Å²) in [6.45, 7) is 5.37. The lowest BCUT2D eigenvalue weighted by Gasteiger charge is -2.27. The van der Waals surface area contributed by atoms with E-state index in [0.717, 1.165) is 45.6 Å². The lowest BCUT2D eigenvalue weighted by molar-refractivity contribution is 0.0947. The molecule has 3 rings (SSSR count). The first-order valence-corrected chi connectivity index (χ1v) is 9.86. The summed E-state index contributed by atoms with van der Waals surface area (Å²) in [6.07, 6.45) is 1.79. The van der Waals surface area contributed by atoms with Crippen LogP contribution < -0.4 is 15.4 Å². The highest BCUT2D eigenvalue weighted by Crippen LogP contribution is 2.22. The molecule has 0 unspecified atom stereocenters. The number of rotatable bonds is 7. The number of halogens is 1. The fourth-order valence-corrected chi connectivity index (χ4v) is 3.94. The van der Waals surface area contributed by atoms with Crippen molar-refractivity contribution >= 4 is 28.3 Å². The van der Waals surface area contributed by atoms with Crippen LogP contribution in [-0.4, -0.2) is 64.5 Å². The molecule has 9 heteroatoms. The average Bonchev–Trinajstić information content (AvgIpc) is 3.39. The van der Waals surface area contributed by atoms with Crippen LogP contribution in [-0.2, 0) is 10.0 Å². The van der Waals surface area contributed by atoms with Crippen LogP contribution >= 0.6 is 12.4 Å². The Balaban J connectivity index is 0.00000225. The van der Waals surface area contributed by atoms with Gasteiger partial charge in [0, 0.05) is 50.9 Å². The Morgan fingerprint density at radius 3 is 2.40 bits per heavy atom. The Labute approximate surface area is 155 Å². The van der Waals surface area contributed by atoms with E-state index in [1.165, 1.54) is 12.1 Å². The van der Waals surface area contributed by atoms with Crippen molar-refractivity contribution in [2.75, 3.05) is 39.3 Å². The van der Waals surface area contributed by atoms with E-state index in [4.69, 9.17) is 0 Å². The predicted octanol–water partition coefficient (Wildman–Crippen LogP) is 0.184. The van der Waals surface area contributed by atoms with Crippen LogP contribution in [0.5, 0.6) is 0 Å². The molecule has 0 spiro atoms. The Hall–Kier alpha value is -1.19. The Morgan fingerprint density at radius 1 is 1.16 bits per heavy atom. The van der Waals surface area contributed by atoms with Gasteiger partial charge < -0.3 is 10.6 Å². The molecule has 0 radical (unpaired) electrons. The van der Waals surface area contributed by atoms with E-state index in [1.54, 1.807) is 12.1 Å². The summed E-state index contributed by atoms with van der Waals surface area (Å²) in [6, 6.07) is 6.15. The molecule has 2 fully saturated rings. The molecular formula is C16H25ClN4O3S. The van der Waals surface area contributed by atoms with E-state index in [9.17, 15) is 13.2 Å². The molecule has 1 amide bonds. The summed E-state index contributed by atoms with van der Waals surface area (Å²) in [4.78, 5) is 14.6. The van der Waals surface area contributed by atoms with Gasteiger partial charge in [-0.25, -0.2) is 13.1 Å². The Kier molecular flexibility index (Phi) is 7.21. The number of hydrogen-bond acceptors (Lipinski definition) is 5. The lowest BCUT2D eigenvalue weighted by Crippen LogP contribution is -2.46. The molecule has 0 atom stereocenters. The molecule has 3 N–H and O–H groups in total. The third-order valence-corrected chi connectivity index (χ3v) is 5.79. The summed E-state index contributed by atoms with van der Waals surface area (Å²) in [7, 11) is -3.47. The van der Waals surface area contributed by atoms with Gasteiger partial charge in [0.25, 0.3) is 5.91 Å². The van der Waals surface area contributed by atoms with Crippen molar-refractivity contribution in [1.82, 2.24) is 20.3 Å². The maximum Gasteiger partial charge on any atom is 0.251 e. The maximum absolute atomic E-state index is 12.1. The SMILES string of the molecule is Cl.O=C(NCCN1CCNCC1)c1ccc(S(=O)(=O)NC2CC2)cc1. The van der Waals surface area contributed by atoms with Crippen molar-refractivity contribution in [2.24, 2.45) is 0 Å². The molecule has 1 aromatic rings. The summed E-state index contributed by atoms with van der Waals surface area (Å²) >= 11 is 0. The third kappa shape index (κ3) is 5.93. The van der Waals surface area contributed by atoms with Gasteiger partial charge >= 0.3 is 0 Å². The molecule has 2 aliphatic rings. The quantitative estimate of drug-likeness (QED) is 0.620. The average molecular weight is 389 g/mol. The van der Waals surface area contributed by atoms with Gasteiger partial charge in [-0.1, -0.05) is 0 Å². The van der Waals surface area contributed by atoms with Gasteiger partial charge in [0.05, 0.1) is 4.90 Å². The number of nitrogens with zero attached hydrogens (tertiary/aromatic N) is 1. The van der Waals surface area contributed by atoms with E-state index < -0.39 is 10.0 Å². The monoisotopic (exact) mass is 388 g/mol. The van der Waals surface area contributed by atoms with Gasteiger partial charge in [-0.05, 0) is 37.1 Å². The van der Waals surface area contributed by atoms with E-state index >= 15 is 0 Å². The molecule has 7 nitrogen and oxygen atoms in total. The van der Waals surface area contributed by atoms with Crippen LogP contribution in [0.4, 0.5) is 0 Å². The molecule has 140 valence electrons. The normalized spacial score (nSPS) is 18.4. The number of benzene rings is 1. The first kappa shape index (κ1) is 20.1. The molecular weight excluding hydrogens is 364 g/mol. The number of nitrogens with one attached hydrogen (secondary N) is 3. The summed E-state index contributed by atoms with van der Waals surface area (Å²) < 4.78 is 26.8. The second-order valence-corrected chi connectivity index (χ2v) is 7.98. The largest absolute Gasteiger partial charge is 0.351 e. The fraction of sp³-hybridized carbons (Fsp3) is 0.562. The third-order valence-electron chi connectivity index (χ3n) is 4.25. The smallest absolute Gasteiger partial charge is 0.251 e. The summed E-state index contributed by atoms with van der Waals surface area (Å²) in [5.41, 5.74) is 0.473. The van der Waals surface area contributed by atoms with Crippen molar-refractivity contribution in [2.45, 2.75) is 23.8 Å². The zero-order chi connectivity index (χ0) is 17.0. The summed E-state index contributed by atoms with van der Waals surface area (Å²) in [5, 5.41) is 6.17. The first-order chi connectivity index (χ1) is 11.5. The number of hydrogen-bond donors (Lipinski definition) is 3. The molecule has 1 saturated carbocycles. The van der Waals surface area contributed by atoms with Crippen molar-refractivity contribution in [3.63, 3.8) is 0 Å². The Morgan fingerprint density at radius 2 is 1.80 bits per heavy atom. The van der Waals surface area contributed by atoms with Crippen LogP contribution in [0.3, 0.4) is 0 Å². The highest BCUT2D eigenvalue weighted by Gasteiger charge is 2.27. The molecule has 1 aliphatic carbocycles. The van der Waals surface area contributed by atoms with Crippen LogP contribution in [0.1, 0.15) is 23.2 Å². The minimum Gasteiger partial charge on any atom is -0.351 e. The molecule has 1 aliphatic heterocycles. The van der Waals surface area contributed by atoms with E-state index in [1.807, 2.05) is 0 Å².